The van der Waals surface area contributed by atoms with E-state index < -0.39 is 17.1 Å². The Morgan fingerprint density at radius 1 is 1.07 bits per heavy atom. The number of rotatable bonds is 4. The van der Waals surface area contributed by atoms with Gasteiger partial charge in [-0.15, -0.1) is 0 Å². The summed E-state index contributed by atoms with van der Waals surface area (Å²) in [7, 11) is 1.54. The van der Waals surface area contributed by atoms with Gasteiger partial charge in [0.15, 0.2) is 0 Å². The fraction of sp³-hybridized carbons (Fsp3) is 0.0909. The molecule has 0 saturated heterocycles. The van der Waals surface area contributed by atoms with Crippen LogP contribution in [0.2, 0.25) is 5.02 Å². The zero-order valence-electron chi connectivity index (χ0n) is 15.7. The van der Waals surface area contributed by atoms with Crippen LogP contribution in [0.25, 0.3) is 0 Å². The molecule has 1 amide bonds. The van der Waals surface area contributed by atoms with E-state index >= 15 is 0 Å². The number of carbonyl (C=O) groups is 1. The normalized spacial score (nSPS) is 15.8. The van der Waals surface area contributed by atoms with Crippen LogP contribution in [-0.4, -0.2) is 23.1 Å². The fourth-order valence-electron chi connectivity index (χ4n) is 3.05. The van der Waals surface area contributed by atoms with E-state index in [4.69, 9.17) is 16.3 Å². The smallest absolute Gasteiger partial charge is 0.277 e. The second-order valence-electron chi connectivity index (χ2n) is 6.40. The Morgan fingerprint density at radius 2 is 1.77 bits per heavy atom. The van der Waals surface area contributed by atoms with Crippen LogP contribution in [0, 0.1) is 11.6 Å². The lowest BCUT2D eigenvalue weighted by Gasteiger charge is -2.23. The van der Waals surface area contributed by atoms with Crippen molar-refractivity contribution in [2.45, 2.75) is 5.37 Å². The quantitative estimate of drug-likeness (QED) is 0.505. The summed E-state index contributed by atoms with van der Waals surface area (Å²) in [5, 5.41) is 5.79. The molecule has 1 atom stereocenters. The predicted octanol–water partition coefficient (Wildman–Crippen LogP) is 5.88. The third kappa shape index (κ3) is 3.91. The van der Waals surface area contributed by atoms with Gasteiger partial charge in [0, 0.05) is 11.1 Å². The van der Waals surface area contributed by atoms with Crippen molar-refractivity contribution < 1.29 is 18.3 Å². The number of halogens is 3. The summed E-state index contributed by atoms with van der Waals surface area (Å²) in [6, 6.07) is 16.7. The molecule has 0 fully saturated rings. The van der Waals surface area contributed by atoms with E-state index in [1.165, 1.54) is 48.1 Å². The number of benzene rings is 3. The van der Waals surface area contributed by atoms with Crippen molar-refractivity contribution in [3.8, 4) is 5.75 Å². The summed E-state index contributed by atoms with van der Waals surface area (Å²) in [5.41, 5.74) is 1.37. The van der Waals surface area contributed by atoms with Crippen molar-refractivity contribution in [3.05, 3.63) is 100 Å². The predicted molar refractivity (Wildman–Crippen MR) is 114 cm³/mol. The molecule has 0 aliphatic carbocycles. The topological polar surface area (TPSA) is 41.9 Å². The molecule has 152 valence electrons. The van der Waals surface area contributed by atoms with Gasteiger partial charge in [-0.25, -0.2) is 13.8 Å². The Bertz CT molecular complexity index is 1140. The molecule has 0 radical (unpaired) electrons. The number of nitrogens with zero attached hydrogens (tertiary/aromatic N) is 2. The van der Waals surface area contributed by atoms with Gasteiger partial charge in [0.2, 0.25) is 0 Å². The highest BCUT2D eigenvalue weighted by Crippen LogP contribution is 2.45. The van der Waals surface area contributed by atoms with Gasteiger partial charge in [0.25, 0.3) is 5.91 Å². The molecule has 3 aromatic carbocycles. The van der Waals surface area contributed by atoms with Crippen LogP contribution in [0.4, 0.5) is 8.78 Å². The summed E-state index contributed by atoms with van der Waals surface area (Å²) in [5.74, 6) is -0.928. The van der Waals surface area contributed by atoms with E-state index in [0.717, 1.165) is 6.07 Å². The number of thioether (sulfide) groups is 1. The lowest BCUT2D eigenvalue weighted by atomic mass is 10.1. The molecule has 0 N–H and O–H groups in total. The number of para-hydroxylation sites is 1. The van der Waals surface area contributed by atoms with Gasteiger partial charge in [-0.05, 0) is 48.5 Å². The van der Waals surface area contributed by atoms with Gasteiger partial charge in [-0.3, -0.25) is 4.79 Å². The third-order valence-electron chi connectivity index (χ3n) is 4.51. The molecule has 1 unspecified atom stereocenters. The average Bonchev–Trinajstić information content (AvgIpc) is 3.20. The highest BCUT2D eigenvalue weighted by atomic mass is 35.5. The Labute approximate surface area is 181 Å². The van der Waals surface area contributed by atoms with Crippen LogP contribution in [-0.2, 0) is 0 Å². The van der Waals surface area contributed by atoms with E-state index in [2.05, 4.69) is 5.10 Å². The molecule has 4 rings (SSSR count). The fourth-order valence-corrected chi connectivity index (χ4v) is 4.43. The first-order chi connectivity index (χ1) is 14.5. The molecule has 3 aromatic rings. The standard InChI is InChI=1S/C22H15ClF2N2O2S/c1-29-19-5-3-2-4-16(19)22-27(21(28)17-12-15(25)10-11-18(17)23)26-20(30-22)13-6-8-14(24)9-7-13/h2-12,22H,1H3. The van der Waals surface area contributed by atoms with Gasteiger partial charge in [0.1, 0.15) is 27.8 Å². The number of hydrogen-bond donors (Lipinski definition) is 0. The summed E-state index contributed by atoms with van der Waals surface area (Å²) >= 11 is 7.47. The van der Waals surface area contributed by atoms with Gasteiger partial charge in [0.05, 0.1) is 17.7 Å². The average molecular weight is 445 g/mol. The maximum absolute atomic E-state index is 13.8. The lowest BCUT2D eigenvalue weighted by Crippen LogP contribution is -2.26. The molecule has 1 aliphatic heterocycles. The molecule has 0 bridgehead atoms. The maximum atomic E-state index is 13.8. The van der Waals surface area contributed by atoms with E-state index in [0.29, 0.717) is 21.9 Å². The van der Waals surface area contributed by atoms with E-state index in [-0.39, 0.29) is 16.4 Å². The van der Waals surface area contributed by atoms with Crippen molar-refractivity contribution >= 4 is 34.3 Å². The summed E-state index contributed by atoms with van der Waals surface area (Å²) in [4.78, 5) is 13.3. The number of methoxy groups -OCH3 is 1. The zero-order valence-corrected chi connectivity index (χ0v) is 17.3. The highest BCUT2D eigenvalue weighted by molar-refractivity contribution is 8.14. The molecule has 4 nitrogen and oxygen atoms in total. The van der Waals surface area contributed by atoms with Gasteiger partial charge in [-0.2, -0.15) is 5.10 Å². The molecule has 1 heterocycles. The van der Waals surface area contributed by atoms with Crippen LogP contribution >= 0.6 is 23.4 Å². The van der Waals surface area contributed by atoms with Gasteiger partial charge in [-0.1, -0.05) is 41.6 Å². The molecular formula is C22H15ClF2N2O2S. The Balaban J connectivity index is 1.80. The summed E-state index contributed by atoms with van der Waals surface area (Å²) < 4.78 is 32.6. The van der Waals surface area contributed by atoms with E-state index in [9.17, 15) is 13.6 Å². The second-order valence-corrected chi connectivity index (χ2v) is 7.87. The largest absolute Gasteiger partial charge is 0.496 e. The van der Waals surface area contributed by atoms with Crippen LogP contribution in [0.5, 0.6) is 5.75 Å². The maximum Gasteiger partial charge on any atom is 0.277 e. The molecule has 1 aliphatic rings. The van der Waals surface area contributed by atoms with Gasteiger partial charge < -0.3 is 4.74 Å². The number of hydrogen-bond acceptors (Lipinski definition) is 4. The minimum Gasteiger partial charge on any atom is -0.496 e. The van der Waals surface area contributed by atoms with Crippen molar-refractivity contribution in [2.75, 3.05) is 7.11 Å². The number of carbonyl (C=O) groups excluding carboxylic acids is 1. The minimum absolute atomic E-state index is 0.00118. The molecule has 0 spiro atoms. The Morgan fingerprint density at radius 3 is 2.50 bits per heavy atom. The van der Waals surface area contributed by atoms with Crippen molar-refractivity contribution in [3.63, 3.8) is 0 Å². The van der Waals surface area contributed by atoms with Gasteiger partial charge >= 0.3 is 0 Å². The van der Waals surface area contributed by atoms with E-state index in [1.54, 1.807) is 18.2 Å². The van der Waals surface area contributed by atoms with Crippen LogP contribution < -0.4 is 4.74 Å². The number of hydrazone groups is 1. The molecule has 0 aromatic heterocycles. The molecule has 8 heteroatoms. The number of amides is 1. The first-order valence-corrected chi connectivity index (χ1v) is 10.2. The van der Waals surface area contributed by atoms with E-state index in [1.807, 2.05) is 18.2 Å². The zero-order chi connectivity index (χ0) is 21.3. The number of ether oxygens (including phenoxy) is 1. The van der Waals surface area contributed by atoms with Crippen LogP contribution in [0.3, 0.4) is 0 Å². The van der Waals surface area contributed by atoms with Crippen molar-refractivity contribution in [1.82, 2.24) is 5.01 Å². The third-order valence-corrected chi connectivity index (χ3v) is 6.05. The molecule has 30 heavy (non-hydrogen) atoms. The highest BCUT2D eigenvalue weighted by Gasteiger charge is 2.37. The van der Waals surface area contributed by atoms with Crippen LogP contribution in [0.1, 0.15) is 26.9 Å². The second kappa shape index (κ2) is 8.45. The summed E-state index contributed by atoms with van der Waals surface area (Å²) in [6.07, 6.45) is 0. The lowest BCUT2D eigenvalue weighted by molar-refractivity contribution is 0.0747. The minimum atomic E-state index is -0.578. The first-order valence-electron chi connectivity index (χ1n) is 8.90. The van der Waals surface area contributed by atoms with Crippen molar-refractivity contribution in [2.24, 2.45) is 5.10 Å². The molecular weight excluding hydrogens is 430 g/mol. The molecule has 0 saturated carbocycles. The SMILES string of the molecule is COc1ccccc1C1SC(c2ccc(F)cc2)=NN1C(=O)c1cc(F)ccc1Cl. The Kier molecular flexibility index (Phi) is 5.74. The van der Waals surface area contributed by atoms with Crippen LogP contribution in [0.15, 0.2) is 71.8 Å². The summed E-state index contributed by atoms with van der Waals surface area (Å²) in [6.45, 7) is 0. The monoisotopic (exact) mass is 444 g/mol. The first kappa shape index (κ1) is 20.4. The Hall–Kier alpha value is -2.90. The van der Waals surface area contributed by atoms with Crippen molar-refractivity contribution in [1.29, 1.82) is 0 Å².